The maximum atomic E-state index is 12.3. The second-order valence-corrected chi connectivity index (χ2v) is 24.3. The summed E-state index contributed by atoms with van der Waals surface area (Å²) in [6.07, 6.45) is 0.564. The van der Waals surface area contributed by atoms with Gasteiger partial charge in [-0.15, -0.1) is 0 Å². The zero-order valence-electron chi connectivity index (χ0n) is 29.2. The number of hydrogen-bond donors (Lipinski definition) is 4. The number of hydrogen-bond acceptors (Lipinski definition) is 6. The summed E-state index contributed by atoms with van der Waals surface area (Å²) in [5, 5.41) is 22.4. The number of rotatable bonds is 10. The van der Waals surface area contributed by atoms with Crippen molar-refractivity contribution in [2.45, 2.75) is 122 Å². The van der Waals surface area contributed by atoms with E-state index in [1.165, 1.54) is 0 Å². The minimum atomic E-state index is -4.40. The van der Waals surface area contributed by atoms with Crippen LogP contribution in [0.3, 0.4) is 0 Å². The van der Waals surface area contributed by atoms with Crippen LogP contribution in [0.5, 0.6) is 11.5 Å². The Labute approximate surface area is 290 Å². The molecule has 0 fully saturated rings. The molecule has 4 N–H and O–H groups in total. The summed E-state index contributed by atoms with van der Waals surface area (Å²) in [5.41, 5.74) is 2.92. The molecular formula is C34H54CaO8S2. The Balaban J connectivity index is 2.69. The Morgan fingerprint density at radius 1 is 0.533 bits per heavy atom. The molecule has 0 saturated heterocycles. The van der Waals surface area contributed by atoms with Gasteiger partial charge in [0.05, 0.1) is 0 Å². The summed E-state index contributed by atoms with van der Waals surface area (Å²) in [7, 11) is -8.79. The zero-order chi connectivity index (χ0) is 35.1. The SMILES string of the molecule is CC(C)(C)c1cc(C[CH](CS(=O)(=O)O)[Ca][CH](Cc2cc(C(C)(C)C)c(O)c(C(C)(C)C)c2)CS(=O)(=O)O)cc(C(C)(C)C)c1O. The molecule has 2 rings (SSSR count). The fourth-order valence-corrected chi connectivity index (χ4v) is 14.9. The van der Waals surface area contributed by atoms with Crippen LogP contribution in [0, 0.1) is 0 Å². The van der Waals surface area contributed by atoms with Gasteiger partial charge in [-0.3, -0.25) is 0 Å². The van der Waals surface area contributed by atoms with Crippen LogP contribution in [0.4, 0.5) is 0 Å². The van der Waals surface area contributed by atoms with Gasteiger partial charge in [-0.05, 0) is 0 Å². The van der Waals surface area contributed by atoms with Gasteiger partial charge < -0.3 is 0 Å². The van der Waals surface area contributed by atoms with Gasteiger partial charge in [-0.2, -0.15) is 0 Å². The molecule has 0 radical (unpaired) electrons. The third-order valence-electron chi connectivity index (χ3n) is 8.18. The first-order valence-corrected chi connectivity index (χ1v) is 21.3. The van der Waals surface area contributed by atoms with E-state index >= 15 is 0 Å². The Bertz CT molecular complexity index is 1390. The summed E-state index contributed by atoms with van der Waals surface area (Å²) in [5.74, 6) is -0.622. The number of benzene rings is 2. The van der Waals surface area contributed by atoms with Crippen LogP contribution in [0.25, 0.3) is 0 Å². The van der Waals surface area contributed by atoms with Gasteiger partial charge >= 0.3 is 292 Å². The molecule has 0 aliphatic heterocycles. The summed E-state index contributed by atoms with van der Waals surface area (Å²) in [6.45, 7) is 23.9. The molecule has 0 spiro atoms. The molecule has 45 heavy (non-hydrogen) atoms. The van der Waals surface area contributed by atoms with Crippen molar-refractivity contribution in [3.05, 3.63) is 57.6 Å². The summed E-state index contributed by atoms with van der Waals surface area (Å²) < 4.78 is 68.0. The van der Waals surface area contributed by atoms with E-state index in [-0.39, 0.29) is 24.3 Å². The summed E-state index contributed by atoms with van der Waals surface area (Å²) >= 11 is -2.21. The molecule has 252 valence electrons. The molecule has 8 nitrogen and oxygen atoms in total. The van der Waals surface area contributed by atoms with Gasteiger partial charge in [0.1, 0.15) is 0 Å². The average molecular weight is 695 g/mol. The predicted octanol–water partition coefficient (Wildman–Crippen LogP) is 7.13. The molecule has 0 aliphatic rings. The first-order valence-electron chi connectivity index (χ1n) is 15.5. The number of aromatic hydroxyl groups is 2. The predicted molar refractivity (Wildman–Crippen MR) is 185 cm³/mol. The minimum absolute atomic E-state index is 0.201. The van der Waals surface area contributed by atoms with E-state index in [1.54, 1.807) is 0 Å². The third-order valence-corrected chi connectivity index (χ3v) is 15.2. The third kappa shape index (κ3) is 12.3. The second-order valence-electron chi connectivity index (χ2n) is 17.0. The molecule has 2 aromatic rings. The van der Waals surface area contributed by atoms with E-state index in [0.29, 0.717) is 0 Å². The topological polar surface area (TPSA) is 149 Å². The van der Waals surface area contributed by atoms with Crippen molar-refractivity contribution >= 4 is 54.1 Å². The fraction of sp³-hybridized carbons (Fsp3) is 0.647. The molecule has 0 aromatic heterocycles. The van der Waals surface area contributed by atoms with Crippen LogP contribution in [0.1, 0.15) is 116 Å². The monoisotopic (exact) mass is 694 g/mol. The van der Waals surface area contributed by atoms with Gasteiger partial charge in [-0.1, -0.05) is 0 Å². The fourth-order valence-electron chi connectivity index (χ4n) is 6.07. The molecule has 0 heterocycles. The summed E-state index contributed by atoms with van der Waals surface area (Å²) in [6, 6.07) is 7.53. The maximum absolute atomic E-state index is 12.3. The quantitative estimate of drug-likeness (QED) is 0.152. The molecule has 0 aliphatic carbocycles. The van der Waals surface area contributed by atoms with Gasteiger partial charge in [0.2, 0.25) is 0 Å². The first kappa shape index (κ1) is 40.3. The van der Waals surface area contributed by atoms with Crippen molar-refractivity contribution in [3.63, 3.8) is 0 Å². The Morgan fingerprint density at radius 3 is 0.933 bits per heavy atom. The molecule has 0 saturated carbocycles. The van der Waals surface area contributed by atoms with Crippen LogP contribution >= 0.6 is 0 Å². The van der Waals surface area contributed by atoms with E-state index in [9.17, 15) is 36.2 Å². The van der Waals surface area contributed by atoms with Crippen LogP contribution in [-0.2, 0) is 54.7 Å². The van der Waals surface area contributed by atoms with Crippen molar-refractivity contribution < 1.29 is 36.2 Å². The van der Waals surface area contributed by atoms with Crippen LogP contribution in [-0.4, -0.2) is 81.5 Å². The van der Waals surface area contributed by atoms with Crippen molar-refractivity contribution in [2.24, 2.45) is 0 Å². The van der Waals surface area contributed by atoms with E-state index in [0.717, 1.165) is 33.4 Å². The van der Waals surface area contributed by atoms with Gasteiger partial charge in [-0.25, -0.2) is 0 Å². The molecule has 11 heteroatoms. The normalized spacial score (nSPS) is 15.1. The van der Waals surface area contributed by atoms with Crippen LogP contribution in [0.2, 0.25) is 4.03 Å². The average Bonchev–Trinajstić information content (AvgIpc) is 2.75. The molecule has 2 aromatic carbocycles. The molecule has 2 unspecified atom stereocenters. The van der Waals surface area contributed by atoms with Crippen LogP contribution in [0.15, 0.2) is 24.3 Å². The Hall–Kier alpha value is -0.880. The van der Waals surface area contributed by atoms with E-state index in [2.05, 4.69) is 0 Å². The van der Waals surface area contributed by atoms with Crippen LogP contribution < -0.4 is 0 Å². The molecular weight excluding hydrogens is 641 g/mol. The number of phenols is 2. The number of phenolic OH excluding ortho intramolecular Hbond substituents is 2. The second kappa shape index (κ2) is 13.9. The zero-order valence-corrected chi connectivity index (χ0v) is 33.1. The standard InChI is InChI=1S/2C17H27O4S.Ca/c2*1-16(2,3)13-10-12(8-7-9-22(19,20)21)11-14(15(13)18)17(4,5)6;/h2*7,10-11,18H,8-9H2,1-6H3,(H,19,20,21);. The van der Waals surface area contributed by atoms with E-state index < -0.39 is 91.3 Å². The van der Waals surface area contributed by atoms with Crippen molar-refractivity contribution in [1.82, 2.24) is 0 Å². The van der Waals surface area contributed by atoms with E-state index in [1.807, 2.05) is 107 Å². The van der Waals surface area contributed by atoms with Gasteiger partial charge in [0, 0.05) is 0 Å². The van der Waals surface area contributed by atoms with E-state index in [4.69, 9.17) is 0 Å². The first-order chi connectivity index (χ1) is 19.9. The van der Waals surface area contributed by atoms with Crippen molar-refractivity contribution in [3.8, 4) is 11.5 Å². The molecule has 0 amide bonds. The molecule has 2 atom stereocenters. The molecule has 0 bridgehead atoms. The van der Waals surface area contributed by atoms with Gasteiger partial charge in [0.25, 0.3) is 0 Å². The van der Waals surface area contributed by atoms with Gasteiger partial charge in [0.15, 0.2) is 0 Å². The summed E-state index contributed by atoms with van der Waals surface area (Å²) in [4.78, 5) is 0. The van der Waals surface area contributed by atoms with Crippen molar-refractivity contribution in [2.75, 3.05) is 11.5 Å². The Kier molecular flexibility index (Phi) is 12.5. The van der Waals surface area contributed by atoms with Crippen molar-refractivity contribution in [1.29, 1.82) is 0 Å². The Morgan fingerprint density at radius 2 is 0.756 bits per heavy atom.